The Hall–Kier alpha value is -3.92. The monoisotopic (exact) mass is 626 g/mol. The molecule has 236 valence electrons. The van der Waals surface area contributed by atoms with Crippen LogP contribution in [0.1, 0.15) is 77.6 Å². The van der Waals surface area contributed by atoms with E-state index in [1.54, 1.807) is 39.1 Å². The van der Waals surface area contributed by atoms with Gasteiger partial charge in [0.15, 0.2) is 17.3 Å². The number of phenols is 1. The molecule has 0 bridgehead atoms. The maximum Gasteiger partial charge on any atom is 0.408 e. The number of aromatic hydroxyl groups is 1. The van der Waals surface area contributed by atoms with Gasteiger partial charge in [0.05, 0.1) is 21.8 Å². The van der Waals surface area contributed by atoms with Crippen molar-refractivity contribution in [2.24, 2.45) is 5.92 Å². The van der Waals surface area contributed by atoms with Crippen LogP contribution in [-0.4, -0.2) is 61.5 Å². The van der Waals surface area contributed by atoms with Crippen molar-refractivity contribution < 1.29 is 29.0 Å². The quantitative estimate of drug-likeness (QED) is 0.194. The molecule has 1 atom stereocenters. The number of halogens is 2. The van der Waals surface area contributed by atoms with E-state index in [2.05, 4.69) is 15.6 Å². The molecule has 1 heterocycles. The van der Waals surface area contributed by atoms with Gasteiger partial charge in [0, 0.05) is 29.2 Å². The van der Waals surface area contributed by atoms with Crippen molar-refractivity contribution >= 4 is 46.0 Å². The second kappa shape index (κ2) is 13.0. The maximum atomic E-state index is 14.3. The molecule has 4 N–H and O–H groups in total. The van der Waals surface area contributed by atoms with Crippen molar-refractivity contribution in [3.05, 3.63) is 52.9 Å². The number of nitrogens with one attached hydrogen (secondary N) is 2. The summed E-state index contributed by atoms with van der Waals surface area (Å²) in [6.07, 6.45) is 3.17. The number of carboxylic acid groups (broad SMARTS) is 1. The number of hydrogen-bond acceptors (Lipinski definition) is 6. The molecule has 2 amide bonds. The average Bonchev–Trinajstić information content (AvgIpc) is 2.93. The Morgan fingerprint density at radius 2 is 1.68 bits per heavy atom. The number of benzene rings is 2. The summed E-state index contributed by atoms with van der Waals surface area (Å²) in [6, 6.07) is 7.13. The molecule has 1 aliphatic carbocycles. The fourth-order valence-corrected chi connectivity index (χ4v) is 6.15. The second-order valence-electron chi connectivity index (χ2n) is 12.8. The van der Waals surface area contributed by atoms with Gasteiger partial charge < -0.3 is 20.8 Å². The van der Waals surface area contributed by atoms with Crippen LogP contribution in [0.2, 0.25) is 5.02 Å². The van der Waals surface area contributed by atoms with Crippen LogP contribution in [0.25, 0.3) is 22.0 Å². The van der Waals surface area contributed by atoms with Gasteiger partial charge in [-0.1, -0.05) is 31.5 Å². The highest BCUT2D eigenvalue weighted by molar-refractivity contribution is 6.32. The molecule has 1 fully saturated rings. The summed E-state index contributed by atoms with van der Waals surface area (Å²) < 4.78 is 14.3. The fourth-order valence-electron chi connectivity index (χ4n) is 5.94. The highest BCUT2D eigenvalue weighted by Gasteiger charge is 2.40. The van der Waals surface area contributed by atoms with E-state index < -0.39 is 29.2 Å². The van der Waals surface area contributed by atoms with Gasteiger partial charge >= 0.3 is 6.09 Å². The van der Waals surface area contributed by atoms with E-state index in [1.807, 2.05) is 19.9 Å². The number of pyridine rings is 1. The molecule has 1 aromatic heterocycles. The molecular formula is C33H40ClFN4O5. The third-order valence-electron chi connectivity index (χ3n) is 8.13. The predicted octanol–water partition coefficient (Wildman–Crippen LogP) is 7.24. The number of anilines is 1. The number of phenolic OH excluding ortho intramolecular Hbond substituents is 1. The lowest BCUT2D eigenvalue weighted by molar-refractivity contribution is -0.130. The Bertz CT molecular complexity index is 1560. The number of nitrogens with zero attached hydrogens (tertiary/aromatic N) is 2. The summed E-state index contributed by atoms with van der Waals surface area (Å²) in [5.41, 5.74) is 2.06. The van der Waals surface area contributed by atoms with Crippen LogP contribution in [0, 0.1) is 11.7 Å². The SMILES string of the molecule is CC(=O)c1cnc2ccc(-c3cc(F)c(O)c(Cl)c3)cc2c1NC1CCC(NC(=O)C(C(C)C)N(C(=O)O)C(C)(C)C)CC1. The summed E-state index contributed by atoms with van der Waals surface area (Å²) in [5.74, 6) is -2.12. The molecular weight excluding hydrogens is 587 g/mol. The van der Waals surface area contributed by atoms with Gasteiger partial charge in [-0.3, -0.25) is 19.5 Å². The zero-order valence-corrected chi connectivity index (χ0v) is 26.6. The third-order valence-corrected chi connectivity index (χ3v) is 8.41. The molecule has 1 aliphatic rings. The summed E-state index contributed by atoms with van der Waals surface area (Å²) in [7, 11) is 0. The second-order valence-corrected chi connectivity index (χ2v) is 13.2. The lowest BCUT2D eigenvalue weighted by Crippen LogP contribution is -2.60. The lowest BCUT2D eigenvalue weighted by Gasteiger charge is -2.41. The Labute approximate surface area is 261 Å². The number of carbonyl (C=O) groups excluding carboxylic acids is 2. The minimum absolute atomic E-state index is 0.00191. The Morgan fingerprint density at radius 3 is 2.23 bits per heavy atom. The van der Waals surface area contributed by atoms with Crippen LogP contribution in [-0.2, 0) is 4.79 Å². The number of amides is 2. The lowest BCUT2D eigenvalue weighted by atomic mass is 9.89. The molecule has 0 spiro atoms. The van der Waals surface area contributed by atoms with E-state index >= 15 is 0 Å². The largest absolute Gasteiger partial charge is 0.504 e. The molecule has 3 aromatic rings. The Kier molecular flexibility index (Phi) is 9.73. The van der Waals surface area contributed by atoms with Crippen molar-refractivity contribution in [3.63, 3.8) is 0 Å². The normalized spacial score (nSPS) is 17.8. The molecule has 2 aromatic carbocycles. The number of Topliss-reactive ketones (excluding diaryl/α,β-unsaturated/α-hetero) is 1. The van der Waals surface area contributed by atoms with Crippen LogP contribution in [0.15, 0.2) is 36.5 Å². The van der Waals surface area contributed by atoms with Crippen LogP contribution in [0.4, 0.5) is 14.9 Å². The van der Waals surface area contributed by atoms with Crippen molar-refractivity contribution in [1.82, 2.24) is 15.2 Å². The summed E-state index contributed by atoms with van der Waals surface area (Å²) >= 11 is 6.03. The number of aromatic nitrogens is 1. The molecule has 0 saturated heterocycles. The number of hydrogen-bond donors (Lipinski definition) is 4. The summed E-state index contributed by atoms with van der Waals surface area (Å²) in [5, 5.41) is 26.9. The van der Waals surface area contributed by atoms with Crippen LogP contribution in [0.3, 0.4) is 0 Å². The molecule has 1 saturated carbocycles. The average molecular weight is 627 g/mol. The van der Waals surface area contributed by atoms with Crippen molar-refractivity contribution in [3.8, 4) is 16.9 Å². The molecule has 44 heavy (non-hydrogen) atoms. The first kappa shape index (κ1) is 33.0. The van der Waals surface area contributed by atoms with Gasteiger partial charge in [-0.15, -0.1) is 0 Å². The van der Waals surface area contributed by atoms with E-state index in [0.717, 1.165) is 0 Å². The zero-order chi connectivity index (χ0) is 32.5. The smallest absolute Gasteiger partial charge is 0.408 e. The minimum atomic E-state index is -1.13. The first-order chi connectivity index (χ1) is 20.6. The van der Waals surface area contributed by atoms with E-state index in [4.69, 9.17) is 11.6 Å². The molecule has 4 rings (SSSR count). The van der Waals surface area contributed by atoms with Crippen molar-refractivity contribution in [1.29, 1.82) is 0 Å². The minimum Gasteiger partial charge on any atom is -0.504 e. The topological polar surface area (TPSA) is 132 Å². The summed E-state index contributed by atoms with van der Waals surface area (Å²) in [6.45, 7) is 10.5. The number of ketones is 1. The predicted molar refractivity (Wildman–Crippen MR) is 170 cm³/mol. The zero-order valence-electron chi connectivity index (χ0n) is 25.9. The first-order valence-corrected chi connectivity index (χ1v) is 15.2. The van der Waals surface area contributed by atoms with Gasteiger partial charge in [-0.25, -0.2) is 9.18 Å². The van der Waals surface area contributed by atoms with Gasteiger partial charge in [-0.2, -0.15) is 0 Å². The molecule has 11 heteroatoms. The van der Waals surface area contributed by atoms with E-state index in [0.29, 0.717) is 59.0 Å². The summed E-state index contributed by atoms with van der Waals surface area (Å²) in [4.78, 5) is 43.8. The van der Waals surface area contributed by atoms with Gasteiger partial charge in [-0.05, 0) is 94.7 Å². The van der Waals surface area contributed by atoms with Gasteiger partial charge in [0.1, 0.15) is 6.04 Å². The third kappa shape index (κ3) is 7.07. The van der Waals surface area contributed by atoms with E-state index in [1.165, 1.54) is 24.0 Å². The molecule has 0 radical (unpaired) electrons. The van der Waals surface area contributed by atoms with E-state index in [9.17, 15) is 29.0 Å². The molecule has 9 nitrogen and oxygen atoms in total. The number of carbonyl (C=O) groups is 3. The first-order valence-electron chi connectivity index (χ1n) is 14.8. The Balaban J connectivity index is 1.54. The van der Waals surface area contributed by atoms with Gasteiger partial charge in [0.25, 0.3) is 0 Å². The fraction of sp³-hybridized carbons (Fsp3) is 0.455. The van der Waals surface area contributed by atoms with Gasteiger partial charge in [0.2, 0.25) is 5.91 Å². The van der Waals surface area contributed by atoms with Crippen LogP contribution < -0.4 is 10.6 Å². The van der Waals surface area contributed by atoms with E-state index in [-0.39, 0.29) is 34.7 Å². The van der Waals surface area contributed by atoms with Crippen LogP contribution in [0.5, 0.6) is 5.75 Å². The molecule has 0 aliphatic heterocycles. The highest BCUT2D eigenvalue weighted by Crippen LogP contribution is 2.36. The van der Waals surface area contributed by atoms with Crippen molar-refractivity contribution in [2.45, 2.75) is 90.9 Å². The molecule has 1 unspecified atom stereocenters. The maximum absolute atomic E-state index is 14.3. The standard InChI is InChI=1S/C33H40ClFN4O5/c1-17(2)29(39(32(43)44)33(4,5)6)31(42)38-22-10-8-21(9-11-22)37-28-23-13-19(20-14-25(34)30(41)26(35)15-20)7-12-27(23)36-16-24(28)18(3)40/h7,12-17,21-22,29,41H,8-11H2,1-6H3,(H,36,37)(H,38,42)(H,43,44). The number of rotatable bonds is 8. The highest BCUT2D eigenvalue weighted by atomic mass is 35.5. The number of fused-ring (bicyclic) bond motifs is 1. The Morgan fingerprint density at radius 1 is 1.05 bits per heavy atom. The van der Waals surface area contributed by atoms with Crippen molar-refractivity contribution in [2.75, 3.05) is 5.32 Å². The van der Waals surface area contributed by atoms with Crippen LogP contribution >= 0.6 is 11.6 Å².